The van der Waals surface area contributed by atoms with Crippen molar-refractivity contribution in [3.63, 3.8) is 0 Å². The SMILES string of the molecule is CC1=C(C(=O)OC[C@@H]2CCCO2)[C@H](c2cccc([N+](=O)[O-])c2)C2=C(C[C@H](c3cccs3)CC2=O)N1. The van der Waals surface area contributed by atoms with Crippen LogP contribution in [-0.4, -0.2) is 36.0 Å². The molecule has 3 aliphatic rings. The molecule has 1 N–H and O–H groups in total. The van der Waals surface area contributed by atoms with Crippen molar-refractivity contribution in [2.75, 3.05) is 13.2 Å². The molecule has 3 heterocycles. The first-order valence-corrected chi connectivity index (χ1v) is 12.6. The molecule has 1 fully saturated rings. The Labute approximate surface area is 206 Å². The van der Waals surface area contributed by atoms with Crippen LogP contribution in [0.5, 0.6) is 0 Å². The Balaban J connectivity index is 1.53. The van der Waals surface area contributed by atoms with Crippen molar-refractivity contribution < 1.29 is 24.0 Å². The van der Waals surface area contributed by atoms with Crippen LogP contribution in [0, 0.1) is 10.1 Å². The van der Waals surface area contributed by atoms with E-state index in [0.717, 1.165) is 23.4 Å². The Morgan fingerprint density at radius 1 is 1.29 bits per heavy atom. The number of nitrogens with zero attached hydrogens (tertiary/aromatic N) is 1. The van der Waals surface area contributed by atoms with Gasteiger partial charge in [0.15, 0.2) is 5.78 Å². The molecule has 2 aliphatic heterocycles. The van der Waals surface area contributed by atoms with Gasteiger partial charge in [0.05, 0.1) is 16.6 Å². The number of ether oxygens (including phenoxy) is 2. The number of hydrogen-bond acceptors (Lipinski definition) is 8. The van der Waals surface area contributed by atoms with Gasteiger partial charge in [-0.2, -0.15) is 0 Å². The fourth-order valence-electron chi connectivity index (χ4n) is 5.21. The van der Waals surface area contributed by atoms with E-state index >= 15 is 0 Å². The maximum Gasteiger partial charge on any atom is 0.336 e. The van der Waals surface area contributed by atoms with E-state index in [-0.39, 0.29) is 30.1 Å². The van der Waals surface area contributed by atoms with Gasteiger partial charge in [-0.3, -0.25) is 14.9 Å². The number of hydrogen-bond donors (Lipinski definition) is 1. The van der Waals surface area contributed by atoms with Gasteiger partial charge < -0.3 is 14.8 Å². The zero-order chi connectivity index (χ0) is 24.5. The number of non-ortho nitro benzene ring substituents is 1. The minimum atomic E-state index is -0.736. The van der Waals surface area contributed by atoms with Crippen LogP contribution in [0.2, 0.25) is 0 Å². The van der Waals surface area contributed by atoms with E-state index < -0.39 is 16.8 Å². The van der Waals surface area contributed by atoms with Crippen LogP contribution in [0.4, 0.5) is 5.69 Å². The highest BCUT2D eigenvalue weighted by molar-refractivity contribution is 7.10. The van der Waals surface area contributed by atoms with Crippen molar-refractivity contribution >= 4 is 28.8 Å². The highest BCUT2D eigenvalue weighted by Crippen LogP contribution is 2.46. The van der Waals surface area contributed by atoms with Gasteiger partial charge in [0.2, 0.25) is 0 Å². The molecule has 0 spiro atoms. The Kier molecular flexibility index (Phi) is 6.53. The molecule has 5 rings (SSSR count). The fourth-order valence-corrected chi connectivity index (χ4v) is 6.04. The third-order valence-electron chi connectivity index (χ3n) is 6.83. The maximum atomic E-state index is 13.6. The van der Waals surface area contributed by atoms with Crippen molar-refractivity contribution in [2.24, 2.45) is 0 Å². The topological polar surface area (TPSA) is 108 Å². The zero-order valence-corrected chi connectivity index (χ0v) is 20.1. The summed E-state index contributed by atoms with van der Waals surface area (Å²) in [6, 6.07) is 10.2. The second-order valence-corrected chi connectivity index (χ2v) is 10.1. The Morgan fingerprint density at radius 3 is 2.86 bits per heavy atom. The van der Waals surface area contributed by atoms with E-state index in [9.17, 15) is 19.7 Å². The van der Waals surface area contributed by atoms with E-state index in [0.29, 0.717) is 41.9 Å². The van der Waals surface area contributed by atoms with Crippen molar-refractivity contribution in [3.8, 4) is 0 Å². The molecule has 0 amide bonds. The second-order valence-electron chi connectivity index (χ2n) is 9.12. The number of ketones is 1. The molecule has 0 unspecified atom stereocenters. The van der Waals surface area contributed by atoms with E-state index in [2.05, 4.69) is 5.32 Å². The van der Waals surface area contributed by atoms with Crippen molar-refractivity contribution in [3.05, 3.63) is 84.9 Å². The maximum absolute atomic E-state index is 13.6. The quantitative estimate of drug-likeness (QED) is 0.351. The number of benzene rings is 1. The predicted octanol–water partition coefficient (Wildman–Crippen LogP) is 4.74. The van der Waals surface area contributed by atoms with Gasteiger partial charge in [0.1, 0.15) is 6.61 Å². The van der Waals surface area contributed by atoms with E-state index in [4.69, 9.17) is 9.47 Å². The number of nitro benzene ring substituents is 1. The molecule has 0 saturated carbocycles. The first-order chi connectivity index (χ1) is 16.9. The highest BCUT2D eigenvalue weighted by Gasteiger charge is 2.42. The molecule has 1 aromatic heterocycles. The number of carbonyl (C=O) groups excluding carboxylic acids is 2. The summed E-state index contributed by atoms with van der Waals surface area (Å²) in [5.74, 6) is -1.28. The van der Waals surface area contributed by atoms with Crippen LogP contribution >= 0.6 is 11.3 Å². The number of carbonyl (C=O) groups is 2. The van der Waals surface area contributed by atoms with Gasteiger partial charge in [-0.1, -0.05) is 18.2 Å². The summed E-state index contributed by atoms with van der Waals surface area (Å²) in [5.41, 5.74) is 2.60. The molecule has 35 heavy (non-hydrogen) atoms. The van der Waals surface area contributed by atoms with Crippen molar-refractivity contribution in [1.82, 2.24) is 5.32 Å². The first kappa shape index (κ1) is 23.4. The molecule has 1 saturated heterocycles. The van der Waals surface area contributed by atoms with Gasteiger partial charge in [-0.05, 0) is 43.2 Å². The average molecular weight is 495 g/mol. The number of thiophene rings is 1. The van der Waals surface area contributed by atoms with Crippen molar-refractivity contribution in [2.45, 2.75) is 50.5 Å². The minimum absolute atomic E-state index is 0.0559. The Hall–Kier alpha value is -3.30. The van der Waals surface area contributed by atoms with Crippen LogP contribution in [-0.2, 0) is 19.1 Å². The van der Waals surface area contributed by atoms with Crippen LogP contribution < -0.4 is 5.32 Å². The van der Waals surface area contributed by atoms with Gasteiger partial charge in [0, 0.05) is 58.8 Å². The third-order valence-corrected chi connectivity index (χ3v) is 7.87. The summed E-state index contributed by atoms with van der Waals surface area (Å²) in [5, 5.41) is 16.8. The molecular formula is C26H26N2O6S. The molecule has 182 valence electrons. The number of rotatable bonds is 6. The monoisotopic (exact) mass is 494 g/mol. The van der Waals surface area contributed by atoms with Crippen LogP contribution in [0.15, 0.2) is 64.3 Å². The summed E-state index contributed by atoms with van der Waals surface area (Å²) < 4.78 is 11.2. The largest absolute Gasteiger partial charge is 0.459 e. The fraction of sp³-hybridized carbons (Fsp3) is 0.385. The average Bonchev–Trinajstić information content (AvgIpc) is 3.56. The van der Waals surface area contributed by atoms with Gasteiger partial charge >= 0.3 is 5.97 Å². The third kappa shape index (κ3) is 4.66. The molecule has 1 aliphatic carbocycles. The standard InChI is InChI=1S/C26H26N2O6S/c1-15-23(26(30)34-14-19-7-3-9-33-19)24(16-5-2-6-18(11-16)28(31)32)25-20(27-15)12-17(13-21(25)29)22-8-4-10-35-22/h2,4-6,8,10-11,17,19,24,27H,3,7,9,12-14H2,1H3/t17-,19-,24-/m0/s1. The van der Waals surface area contributed by atoms with E-state index in [1.165, 1.54) is 12.1 Å². The normalized spacial score (nSPS) is 24.3. The van der Waals surface area contributed by atoms with Crippen molar-refractivity contribution in [1.29, 1.82) is 0 Å². The lowest BCUT2D eigenvalue weighted by Crippen LogP contribution is -2.36. The number of esters is 1. The van der Waals surface area contributed by atoms with Gasteiger partial charge in [-0.25, -0.2) is 4.79 Å². The second kappa shape index (κ2) is 9.75. The number of nitro groups is 1. The molecule has 3 atom stereocenters. The lowest BCUT2D eigenvalue weighted by atomic mass is 9.72. The van der Waals surface area contributed by atoms with Crippen LogP contribution in [0.3, 0.4) is 0 Å². The van der Waals surface area contributed by atoms with Gasteiger partial charge in [-0.15, -0.1) is 11.3 Å². The zero-order valence-electron chi connectivity index (χ0n) is 19.3. The van der Waals surface area contributed by atoms with Crippen LogP contribution in [0.25, 0.3) is 0 Å². The van der Waals surface area contributed by atoms with E-state index in [1.807, 2.05) is 17.5 Å². The number of dihydropyridines is 1. The molecular weight excluding hydrogens is 468 g/mol. The lowest BCUT2D eigenvalue weighted by molar-refractivity contribution is -0.384. The number of allylic oxidation sites excluding steroid dienone is 3. The summed E-state index contributed by atoms with van der Waals surface area (Å²) >= 11 is 1.62. The summed E-state index contributed by atoms with van der Waals surface area (Å²) in [6.07, 6.45) is 2.57. The number of Topliss-reactive ketones (excluding diaryl/α,β-unsaturated/α-hetero) is 1. The highest BCUT2D eigenvalue weighted by atomic mass is 32.1. The number of nitrogens with one attached hydrogen (secondary N) is 1. The lowest BCUT2D eigenvalue weighted by Gasteiger charge is -2.36. The molecule has 8 nitrogen and oxygen atoms in total. The smallest absolute Gasteiger partial charge is 0.336 e. The summed E-state index contributed by atoms with van der Waals surface area (Å²) in [7, 11) is 0. The minimum Gasteiger partial charge on any atom is -0.459 e. The molecule has 9 heteroatoms. The Bertz CT molecular complexity index is 1230. The predicted molar refractivity (Wildman–Crippen MR) is 130 cm³/mol. The van der Waals surface area contributed by atoms with E-state index in [1.54, 1.807) is 30.4 Å². The summed E-state index contributed by atoms with van der Waals surface area (Å²) in [4.78, 5) is 39.1. The summed E-state index contributed by atoms with van der Waals surface area (Å²) in [6.45, 7) is 2.57. The molecule has 1 aromatic carbocycles. The molecule has 2 aromatic rings. The molecule has 0 bridgehead atoms. The Morgan fingerprint density at radius 2 is 2.14 bits per heavy atom. The van der Waals surface area contributed by atoms with Crippen LogP contribution in [0.1, 0.15) is 54.9 Å². The molecule has 0 radical (unpaired) electrons. The van der Waals surface area contributed by atoms with Gasteiger partial charge in [0.25, 0.3) is 5.69 Å². The first-order valence-electron chi connectivity index (χ1n) is 11.7.